The fourth-order valence-corrected chi connectivity index (χ4v) is 3.52. The molecule has 2 amide bonds. The van der Waals surface area contributed by atoms with Crippen LogP contribution < -0.4 is 11.1 Å². The summed E-state index contributed by atoms with van der Waals surface area (Å²) in [4.78, 5) is 23.1. The number of anilines is 1. The molecule has 1 unspecified atom stereocenters. The summed E-state index contributed by atoms with van der Waals surface area (Å²) in [5.74, 6) is 1.27. The average molecular weight is 367 g/mol. The summed E-state index contributed by atoms with van der Waals surface area (Å²) >= 11 is 0. The number of rotatable bonds is 5. The quantitative estimate of drug-likeness (QED) is 0.620. The maximum Gasteiger partial charge on any atom is 0.347 e. The van der Waals surface area contributed by atoms with Crippen LogP contribution in [0.5, 0.6) is 0 Å². The molecule has 2 heterocycles. The maximum atomic E-state index is 12.4. The summed E-state index contributed by atoms with van der Waals surface area (Å²) in [6, 6.07) is 7.17. The molecule has 1 fully saturated rings. The summed E-state index contributed by atoms with van der Waals surface area (Å²) in [5, 5.41) is 4.77. The van der Waals surface area contributed by atoms with Crippen LogP contribution in [0.3, 0.4) is 0 Å². The second-order valence-corrected chi connectivity index (χ2v) is 7.69. The Morgan fingerprint density at radius 2 is 2.26 bits per heavy atom. The minimum absolute atomic E-state index is 0.147. The van der Waals surface area contributed by atoms with E-state index < -0.39 is 6.03 Å². The molecule has 6 heteroatoms. The van der Waals surface area contributed by atoms with Gasteiger partial charge in [-0.1, -0.05) is 26.0 Å². The Balaban J connectivity index is 1.64. The molecule has 1 aliphatic heterocycles. The van der Waals surface area contributed by atoms with Gasteiger partial charge in [-0.05, 0) is 50.4 Å². The number of piperidine rings is 1. The molecule has 1 aromatic heterocycles. The van der Waals surface area contributed by atoms with Crippen molar-refractivity contribution in [2.45, 2.75) is 33.1 Å². The summed E-state index contributed by atoms with van der Waals surface area (Å²) in [5.41, 5.74) is 6.91. The number of fused-ring (bicyclic) bond motifs is 1. The molecule has 2 aromatic rings. The highest BCUT2D eigenvalue weighted by atomic mass is 16.2. The van der Waals surface area contributed by atoms with Crippen molar-refractivity contribution in [1.29, 1.82) is 0 Å². The minimum atomic E-state index is -0.420. The molecule has 1 atom stereocenters. The van der Waals surface area contributed by atoms with Gasteiger partial charge in [-0.25, -0.2) is 4.79 Å². The maximum absolute atomic E-state index is 12.4. The Kier molecular flexibility index (Phi) is 6.40. The SMILES string of the molecule is CC(C)CCN1CCCC(/C(N)=N/C(=O)Nc2cccc3cnccc23)C1. The number of likely N-dealkylation sites (tertiary alicyclic amines) is 1. The molecular formula is C21H29N5O. The van der Waals surface area contributed by atoms with Crippen molar-refractivity contribution in [1.82, 2.24) is 9.88 Å². The predicted octanol–water partition coefficient (Wildman–Crippen LogP) is 3.88. The van der Waals surface area contributed by atoms with E-state index in [9.17, 15) is 4.79 Å². The summed E-state index contributed by atoms with van der Waals surface area (Å²) in [6.07, 6.45) is 6.75. The van der Waals surface area contributed by atoms with Gasteiger partial charge < -0.3 is 16.0 Å². The zero-order valence-electron chi connectivity index (χ0n) is 16.2. The molecule has 0 saturated carbocycles. The van der Waals surface area contributed by atoms with Crippen LogP contribution in [0, 0.1) is 11.8 Å². The van der Waals surface area contributed by atoms with Crippen LogP contribution in [-0.2, 0) is 0 Å². The third-order valence-corrected chi connectivity index (χ3v) is 5.10. The van der Waals surface area contributed by atoms with E-state index in [0.717, 1.165) is 48.9 Å². The van der Waals surface area contributed by atoms with Crippen molar-refractivity contribution < 1.29 is 4.79 Å². The first kappa shape index (κ1) is 19.3. The zero-order chi connectivity index (χ0) is 19.2. The van der Waals surface area contributed by atoms with Gasteiger partial charge in [0.15, 0.2) is 0 Å². The molecule has 0 radical (unpaired) electrons. The molecule has 1 saturated heterocycles. The normalized spacial score (nSPS) is 18.8. The molecule has 0 bridgehead atoms. The molecule has 1 aliphatic rings. The number of pyridine rings is 1. The van der Waals surface area contributed by atoms with Crippen LogP contribution >= 0.6 is 0 Å². The number of aromatic nitrogens is 1. The van der Waals surface area contributed by atoms with E-state index in [2.05, 4.69) is 34.0 Å². The minimum Gasteiger partial charge on any atom is -0.387 e. The van der Waals surface area contributed by atoms with Crippen molar-refractivity contribution >= 4 is 28.3 Å². The molecule has 1 aromatic carbocycles. The number of nitrogens with two attached hydrogens (primary N) is 1. The molecule has 3 N–H and O–H groups in total. The lowest BCUT2D eigenvalue weighted by Gasteiger charge is -2.32. The summed E-state index contributed by atoms with van der Waals surface area (Å²) < 4.78 is 0. The Morgan fingerprint density at radius 3 is 3.07 bits per heavy atom. The van der Waals surface area contributed by atoms with Gasteiger partial charge >= 0.3 is 6.03 Å². The van der Waals surface area contributed by atoms with Gasteiger partial charge in [0.25, 0.3) is 0 Å². The van der Waals surface area contributed by atoms with E-state index in [4.69, 9.17) is 5.73 Å². The lowest BCUT2D eigenvalue weighted by Crippen LogP contribution is -2.42. The Labute approximate surface area is 160 Å². The number of aliphatic imine (C=N–C) groups is 1. The lowest BCUT2D eigenvalue weighted by atomic mass is 9.96. The fourth-order valence-electron chi connectivity index (χ4n) is 3.52. The number of carbonyl (C=O) groups is 1. The van der Waals surface area contributed by atoms with Gasteiger partial charge in [-0.15, -0.1) is 0 Å². The number of hydrogen-bond acceptors (Lipinski definition) is 3. The van der Waals surface area contributed by atoms with E-state index >= 15 is 0 Å². The van der Waals surface area contributed by atoms with Gasteiger partial charge in [-0.2, -0.15) is 4.99 Å². The van der Waals surface area contributed by atoms with Crippen LogP contribution in [0.2, 0.25) is 0 Å². The van der Waals surface area contributed by atoms with Crippen LogP contribution in [-0.4, -0.2) is 41.4 Å². The van der Waals surface area contributed by atoms with Crippen molar-refractivity contribution in [3.63, 3.8) is 0 Å². The molecular weight excluding hydrogens is 338 g/mol. The van der Waals surface area contributed by atoms with Gasteiger partial charge in [-0.3, -0.25) is 4.98 Å². The highest BCUT2D eigenvalue weighted by Crippen LogP contribution is 2.22. The first-order chi connectivity index (χ1) is 13.0. The zero-order valence-corrected chi connectivity index (χ0v) is 16.2. The number of hydrogen-bond donors (Lipinski definition) is 2. The van der Waals surface area contributed by atoms with E-state index in [0.29, 0.717) is 11.8 Å². The number of nitrogens with zero attached hydrogens (tertiary/aromatic N) is 3. The van der Waals surface area contributed by atoms with Gasteiger partial charge in [0, 0.05) is 35.6 Å². The van der Waals surface area contributed by atoms with Crippen molar-refractivity contribution in [2.75, 3.05) is 25.0 Å². The number of amides is 2. The molecule has 27 heavy (non-hydrogen) atoms. The fraction of sp³-hybridized carbons (Fsp3) is 0.476. The van der Waals surface area contributed by atoms with Crippen molar-refractivity contribution in [3.8, 4) is 0 Å². The molecule has 0 spiro atoms. The Hall–Kier alpha value is -2.47. The summed E-state index contributed by atoms with van der Waals surface area (Å²) in [6.45, 7) is 7.55. The highest BCUT2D eigenvalue weighted by Gasteiger charge is 2.23. The van der Waals surface area contributed by atoms with Crippen LogP contribution in [0.4, 0.5) is 10.5 Å². The Bertz CT molecular complexity index is 812. The predicted molar refractivity (Wildman–Crippen MR) is 111 cm³/mol. The third-order valence-electron chi connectivity index (χ3n) is 5.10. The number of carbonyl (C=O) groups excluding carboxylic acids is 1. The number of amidine groups is 1. The average Bonchev–Trinajstić information content (AvgIpc) is 2.67. The highest BCUT2D eigenvalue weighted by molar-refractivity contribution is 6.05. The second kappa shape index (κ2) is 8.95. The van der Waals surface area contributed by atoms with Gasteiger partial charge in [0.2, 0.25) is 0 Å². The van der Waals surface area contributed by atoms with E-state index in [1.54, 1.807) is 12.4 Å². The van der Waals surface area contributed by atoms with E-state index in [1.165, 1.54) is 6.42 Å². The monoisotopic (exact) mass is 367 g/mol. The Morgan fingerprint density at radius 1 is 1.41 bits per heavy atom. The largest absolute Gasteiger partial charge is 0.387 e. The summed E-state index contributed by atoms with van der Waals surface area (Å²) in [7, 11) is 0. The van der Waals surface area contributed by atoms with E-state index in [1.807, 2.05) is 24.3 Å². The number of benzene rings is 1. The van der Waals surface area contributed by atoms with Crippen LogP contribution in [0.15, 0.2) is 41.7 Å². The third kappa shape index (κ3) is 5.26. The number of urea groups is 1. The van der Waals surface area contributed by atoms with Crippen LogP contribution in [0.25, 0.3) is 10.8 Å². The van der Waals surface area contributed by atoms with Gasteiger partial charge in [0.05, 0.1) is 5.69 Å². The number of nitrogens with one attached hydrogen (secondary N) is 1. The first-order valence-electron chi connectivity index (χ1n) is 9.73. The lowest BCUT2D eigenvalue weighted by molar-refractivity contribution is 0.194. The molecule has 6 nitrogen and oxygen atoms in total. The smallest absolute Gasteiger partial charge is 0.347 e. The standard InChI is InChI=1S/C21H29N5O/c1-15(2)9-12-26-11-4-6-17(14-26)20(22)25-21(27)24-19-7-3-5-16-13-23-10-8-18(16)19/h3,5,7-8,10,13,15,17H,4,6,9,11-12,14H2,1-2H3,(H3,22,24,25,27). The van der Waals surface area contributed by atoms with Crippen molar-refractivity contribution in [2.24, 2.45) is 22.6 Å². The molecule has 3 rings (SSSR count). The second-order valence-electron chi connectivity index (χ2n) is 7.69. The topological polar surface area (TPSA) is 83.6 Å². The van der Waals surface area contributed by atoms with Crippen molar-refractivity contribution in [3.05, 3.63) is 36.7 Å². The van der Waals surface area contributed by atoms with Gasteiger partial charge in [0.1, 0.15) is 5.84 Å². The molecule has 0 aliphatic carbocycles. The molecule has 144 valence electrons. The van der Waals surface area contributed by atoms with Crippen LogP contribution in [0.1, 0.15) is 33.1 Å². The van der Waals surface area contributed by atoms with E-state index in [-0.39, 0.29) is 5.92 Å². The first-order valence-corrected chi connectivity index (χ1v) is 9.73.